The van der Waals surface area contributed by atoms with Gasteiger partial charge >= 0.3 is 0 Å². The minimum atomic E-state index is -0.235. The molecule has 1 aromatic heterocycles. The number of H-pyrrole nitrogens is 1. The molecule has 0 unspecified atom stereocenters. The number of amides is 1. The van der Waals surface area contributed by atoms with Crippen LogP contribution in [0, 0.1) is 0 Å². The van der Waals surface area contributed by atoms with E-state index < -0.39 is 0 Å². The van der Waals surface area contributed by atoms with Crippen molar-refractivity contribution in [3.05, 3.63) is 76.2 Å². The first-order valence-corrected chi connectivity index (χ1v) is 9.83. The highest BCUT2D eigenvalue weighted by Crippen LogP contribution is 2.21. The molecule has 0 spiro atoms. The zero-order valence-electron chi connectivity index (χ0n) is 16.1. The van der Waals surface area contributed by atoms with Gasteiger partial charge in [-0.3, -0.25) is 9.59 Å². The number of anilines is 1. The summed E-state index contributed by atoms with van der Waals surface area (Å²) in [7, 11) is 1.76. The Morgan fingerprint density at radius 3 is 2.50 bits per heavy atom. The molecule has 4 rings (SSSR count). The van der Waals surface area contributed by atoms with Gasteiger partial charge in [-0.25, -0.2) is 0 Å². The zero-order chi connectivity index (χ0) is 19.5. The number of carbonyl (C=O) groups is 1. The fraction of sp³-hybridized carbons (Fsp3) is 0.304. The van der Waals surface area contributed by atoms with Crippen molar-refractivity contribution in [2.75, 3.05) is 25.0 Å². The molecular weight excluding hydrogens is 350 g/mol. The molecule has 3 aromatic rings. The van der Waals surface area contributed by atoms with E-state index in [9.17, 15) is 9.59 Å². The van der Waals surface area contributed by atoms with Gasteiger partial charge in [0.1, 0.15) is 5.69 Å². The van der Waals surface area contributed by atoms with Crippen molar-refractivity contribution in [2.45, 2.75) is 25.8 Å². The molecule has 1 saturated heterocycles. The van der Waals surface area contributed by atoms with E-state index in [4.69, 9.17) is 0 Å². The van der Waals surface area contributed by atoms with Crippen LogP contribution in [-0.2, 0) is 6.54 Å². The average Bonchev–Trinajstić information content (AvgIpc) is 2.74. The first-order chi connectivity index (χ1) is 13.6. The smallest absolute Gasteiger partial charge is 0.270 e. The lowest BCUT2D eigenvalue weighted by Crippen LogP contribution is -2.29. The van der Waals surface area contributed by atoms with E-state index >= 15 is 0 Å². The summed E-state index contributed by atoms with van der Waals surface area (Å²) >= 11 is 0. The predicted molar refractivity (Wildman–Crippen MR) is 113 cm³/mol. The number of carbonyl (C=O) groups excluding carboxylic acids is 1. The first-order valence-electron chi connectivity index (χ1n) is 9.83. The number of rotatable bonds is 4. The molecule has 0 radical (unpaired) electrons. The molecule has 2 heterocycles. The number of piperidine rings is 1. The third-order valence-corrected chi connectivity index (χ3v) is 5.41. The molecular formula is C23H25N3O2. The maximum Gasteiger partial charge on any atom is 0.270 e. The Hall–Kier alpha value is -3.08. The summed E-state index contributed by atoms with van der Waals surface area (Å²) in [6.07, 6.45) is 3.82. The van der Waals surface area contributed by atoms with Gasteiger partial charge in [0.25, 0.3) is 11.5 Å². The number of aromatic amines is 1. The third-order valence-electron chi connectivity index (χ3n) is 5.41. The summed E-state index contributed by atoms with van der Waals surface area (Å²) in [5.41, 5.74) is 2.40. The van der Waals surface area contributed by atoms with Crippen LogP contribution in [0.3, 0.4) is 0 Å². The normalized spacial score (nSPS) is 14.2. The van der Waals surface area contributed by atoms with Crippen molar-refractivity contribution in [1.82, 2.24) is 9.88 Å². The predicted octanol–water partition coefficient (Wildman–Crippen LogP) is 3.79. The number of nitrogens with one attached hydrogen (secondary N) is 1. The van der Waals surface area contributed by atoms with E-state index in [2.05, 4.69) is 34.1 Å². The molecule has 1 fully saturated rings. The van der Waals surface area contributed by atoms with Gasteiger partial charge in [0.2, 0.25) is 0 Å². The van der Waals surface area contributed by atoms with Crippen LogP contribution in [-0.4, -0.2) is 35.9 Å². The van der Waals surface area contributed by atoms with Gasteiger partial charge in [-0.2, -0.15) is 0 Å². The number of aromatic nitrogens is 1. The molecule has 1 amide bonds. The highest BCUT2D eigenvalue weighted by molar-refractivity contribution is 5.96. The molecule has 5 nitrogen and oxygen atoms in total. The second-order valence-electron chi connectivity index (χ2n) is 7.47. The highest BCUT2D eigenvalue weighted by Gasteiger charge is 2.15. The monoisotopic (exact) mass is 375 g/mol. The largest absolute Gasteiger partial charge is 0.372 e. The maximum atomic E-state index is 12.8. The van der Waals surface area contributed by atoms with Gasteiger partial charge in [0, 0.05) is 37.8 Å². The Bertz CT molecular complexity index is 1030. The second kappa shape index (κ2) is 7.89. The molecule has 2 aromatic carbocycles. The van der Waals surface area contributed by atoms with Gasteiger partial charge in [0.15, 0.2) is 0 Å². The maximum absolute atomic E-state index is 12.8. The summed E-state index contributed by atoms with van der Waals surface area (Å²) < 4.78 is 0. The van der Waals surface area contributed by atoms with Crippen LogP contribution in [0.5, 0.6) is 0 Å². The molecule has 144 valence electrons. The lowest BCUT2D eigenvalue weighted by Gasteiger charge is -2.29. The Morgan fingerprint density at radius 1 is 1.04 bits per heavy atom. The Labute approximate surface area is 164 Å². The lowest BCUT2D eigenvalue weighted by molar-refractivity contribution is 0.0779. The van der Waals surface area contributed by atoms with Crippen molar-refractivity contribution in [3.63, 3.8) is 0 Å². The van der Waals surface area contributed by atoms with E-state index in [1.807, 2.05) is 18.2 Å². The number of hydrogen-bond acceptors (Lipinski definition) is 3. The standard InChI is InChI=1S/C23H25N3O2/c1-25(16-17-9-11-19(12-10-17)26-13-5-2-6-14-26)23(28)21-15-18-7-3-4-8-20(18)22(27)24-21/h3-4,7-12,15H,2,5-6,13-14,16H2,1H3,(H,24,27). The van der Waals surface area contributed by atoms with E-state index in [1.54, 1.807) is 24.1 Å². The van der Waals surface area contributed by atoms with Gasteiger partial charge in [-0.1, -0.05) is 30.3 Å². The van der Waals surface area contributed by atoms with Crippen LogP contribution < -0.4 is 10.5 Å². The average molecular weight is 375 g/mol. The summed E-state index contributed by atoms with van der Waals surface area (Å²) in [5, 5.41) is 1.36. The van der Waals surface area contributed by atoms with Crippen molar-refractivity contribution < 1.29 is 4.79 Å². The van der Waals surface area contributed by atoms with Gasteiger partial charge < -0.3 is 14.8 Å². The van der Waals surface area contributed by atoms with Crippen LogP contribution in [0.1, 0.15) is 35.3 Å². The van der Waals surface area contributed by atoms with Gasteiger partial charge in [-0.05, 0) is 54.5 Å². The fourth-order valence-corrected chi connectivity index (χ4v) is 3.84. The van der Waals surface area contributed by atoms with Crippen molar-refractivity contribution in [2.24, 2.45) is 0 Å². The number of fused-ring (bicyclic) bond motifs is 1. The summed E-state index contributed by atoms with van der Waals surface area (Å²) in [6.45, 7) is 2.73. The highest BCUT2D eigenvalue weighted by atomic mass is 16.2. The lowest BCUT2D eigenvalue weighted by atomic mass is 10.1. The molecule has 5 heteroatoms. The summed E-state index contributed by atoms with van der Waals surface area (Å²) in [6, 6.07) is 17.5. The molecule has 0 saturated carbocycles. The minimum absolute atomic E-state index is 0.192. The van der Waals surface area contributed by atoms with Crippen LogP contribution in [0.25, 0.3) is 10.8 Å². The molecule has 1 N–H and O–H groups in total. The van der Waals surface area contributed by atoms with Crippen LogP contribution >= 0.6 is 0 Å². The van der Waals surface area contributed by atoms with Crippen LogP contribution in [0.2, 0.25) is 0 Å². The van der Waals surface area contributed by atoms with Crippen molar-refractivity contribution in [1.29, 1.82) is 0 Å². The van der Waals surface area contributed by atoms with Gasteiger partial charge in [0.05, 0.1) is 0 Å². The van der Waals surface area contributed by atoms with Crippen molar-refractivity contribution >= 4 is 22.4 Å². The Morgan fingerprint density at radius 2 is 1.75 bits per heavy atom. The van der Waals surface area contributed by atoms with E-state index in [-0.39, 0.29) is 11.5 Å². The molecule has 0 bridgehead atoms. The SMILES string of the molecule is CN(Cc1ccc(N2CCCCC2)cc1)C(=O)c1cc2ccccc2c(=O)[nH]1. The van der Waals surface area contributed by atoms with E-state index in [1.165, 1.54) is 24.9 Å². The summed E-state index contributed by atoms with van der Waals surface area (Å²) in [5.74, 6) is -0.192. The molecule has 0 atom stereocenters. The van der Waals surface area contributed by atoms with E-state index in [0.29, 0.717) is 17.6 Å². The van der Waals surface area contributed by atoms with Crippen LogP contribution in [0.4, 0.5) is 5.69 Å². The number of benzene rings is 2. The van der Waals surface area contributed by atoms with Gasteiger partial charge in [-0.15, -0.1) is 0 Å². The second-order valence-corrected chi connectivity index (χ2v) is 7.47. The molecule has 1 aliphatic heterocycles. The Balaban J connectivity index is 1.48. The van der Waals surface area contributed by atoms with Crippen LogP contribution in [0.15, 0.2) is 59.4 Å². The number of pyridine rings is 1. The van der Waals surface area contributed by atoms with E-state index in [0.717, 1.165) is 24.0 Å². The molecule has 1 aliphatic rings. The number of hydrogen-bond donors (Lipinski definition) is 1. The zero-order valence-corrected chi connectivity index (χ0v) is 16.1. The first kappa shape index (κ1) is 18.3. The molecule has 28 heavy (non-hydrogen) atoms. The topological polar surface area (TPSA) is 56.4 Å². The quantitative estimate of drug-likeness (QED) is 0.755. The van der Waals surface area contributed by atoms with Crippen molar-refractivity contribution in [3.8, 4) is 0 Å². The summed E-state index contributed by atoms with van der Waals surface area (Å²) in [4.78, 5) is 31.8. The third kappa shape index (κ3) is 3.79. The number of nitrogens with zero attached hydrogens (tertiary/aromatic N) is 2. The minimum Gasteiger partial charge on any atom is -0.372 e. The Kier molecular flexibility index (Phi) is 5.15. The molecule has 0 aliphatic carbocycles. The fourth-order valence-electron chi connectivity index (χ4n) is 3.84.